The summed E-state index contributed by atoms with van der Waals surface area (Å²) >= 11 is 0. The van der Waals surface area contributed by atoms with E-state index < -0.39 is 0 Å². The van der Waals surface area contributed by atoms with Crippen molar-refractivity contribution in [3.8, 4) is 11.5 Å². The summed E-state index contributed by atoms with van der Waals surface area (Å²) < 4.78 is 19.0. The lowest BCUT2D eigenvalue weighted by Crippen LogP contribution is -2.15. The van der Waals surface area contributed by atoms with Crippen LogP contribution in [0.1, 0.15) is 24.0 Å². The van der Waals surface area contributed by atoms with E-state index in [1.165, 1.54) is 30.5 Å². The first-order valence-electron chi connectivity index (χ1n) is 6.97. The summed E-state index contributed by atoms with van der Waals surface area (Å²) in [4.78, 5) is 0. The number of aryl methyl sites for hydroxylation is 1. The first-order chi connectivity index (χ1) is 9.70. The lowest BCUT2D eigenvalue weighted by Gasteiger charge is -2.11. The summed E-state index contributed by atoms with van der Waals surface area (Å²) in [5.41, 5.74) is 2.23. The van der Waals surface area contributed by atoms with Crippen LogP contribution in [0.15, 0.2) is 42.5 Å². The molecule has 0 heterocycles. The van der Waals surface area contributed by atoms with Gasteiger partial charge in [0.1, 0.15) is 17.3 Å². The number of ether oxygens (including phenoxy) is 1. The minimum Gasteiger partial charge on any atom is -0.457 e. The molecule has 0 saturated heterocycles. The Kier molecular flexibility index (Phi) is 3.70. The maximum absolute atomic E-state index is 13.2. The van der Waals surface area contributed by atoms with E-state index in [9.17, 15) is 4.39 Å². The monoisotopic (exact) mass is 271 g/mol. The number of halogens is 1. The Balaban J connectivity index is 1.75. The van der Waals surface area contributed by atoms with Gasteiger partial charge in [0.25, 0.3) is 0 Å². The summed E-state index contributed by atoms with van der Waals surface area (Å²) in [5, 5.41) is 3.48. The fourth-order valence-corrected chi connectivity index (χ4v) is 2.07. The predicted molar refractivity (Wildman–Crippen MR) is 77.5 cm³/mol. The molecule has 0 bridgehead atoms. The van der Waals surface area contributed by atoms with E-state index >= 15 is 0 Å². The van der Waals surface area contributed by atoms with Crippen molar-refractivity contribution in [2.75, 3.05) is 0 Å². The summed E-state index contributed by atoms with van der Waals surface area (Å²) in [6.45, 7) is 2.84. The van der Waals surface area contributed by atoms with Crippen molar-refractivity contribution in [3.05, 3.63) is 59.4 Å². The molecule has 2 aromatic carbocycles. The van der Waals surface area contributed by atoms with Crippen molar-refractivity contribution in [2.45, 2.75) is 32.4 Å². The van der Waals surface area contributed by atoms with Crippen LogP contribution in [0.3, 0.4) is 0 Å². The summed E-state index contributed by atoms with van der Waals surface area (Å²) in [6, 6.07) is 13.1. The largest absolute Gasteiger partial charge is 0.457 e. The molecule has 1 N–H and O–H groups in total. The zero-order chi connectivity index (χ0) is 13.9. The van der Waals surface area contributed by atoms with Gasteiger partial charge in [-0.25, -0.2) is 4.39 Å². The highest BCUT2D eigenvalue weighted by Crippen LogP contribution is 2.27. The van der Waals surface area contributed by atoms with Gasteiger partial charge in [0.2, 0.25) is 0 Å². The second kappa shape index (κ2) is 5.63. The van der Waals surface area contributed by atoms with Crippen molar-refractivity contribution in [3.63, 3.8) is 0 Å². The molecule has 0 spiro atoms. The zero-order valence-corrected chi connectivity index (χ0v) is 11.5. The molecule has 104 valence electrons. The molecule has 0 atom stereocenters. The van der Waals surface area contributed by atoms with Gasteiger partial charge in [-0.15, -0.1) is 0 Å². The van der Waals surface area contributed by atoms with Gasteiger partial charge in [-0.2, -0.15) is 0 Å². The highest BCUT2D eigenvalue weighted by atomic mass is 19.1. The Hall–Kier alpha value is -1.87. The van der Waals surface area contributed by atoms with Crippen LogP contribution >= 0.6 is 0 Å². The van der Waals surface area contributed by atoms with Crippen molar-refractivity contribution >= 4 is 0 Å². The summed E-state index contributed by atoms with van der Waals surface area (Å²) in [6.07, 6.45) is 2.55. The average Bonchev–Trinajstić information content (AvgIpc) is 3.24. The zero-order valence-electron chi connectivity index (χ0n) is 11.5. The van der Waals surface area contributed by atoms with E-state index in [2.05, 4.69) is 11.4 Å². The van der Waals surface area contributed by atoms with Crippen LogP contribution in [-0.2, 0) is 6.54 Å². The molecule has 1 fully saturated rings. The van der Waals surface area contributed by atoms with Crippen molar-refractivity contribution in [1.29, 1.82) is 0 Å². The van der Waals surface area contributed by atoms with Gasteiger partial charge < -0.3 is 10.1 Å². The lowest BCUT2D eigenvalue weighted by molar-refractivity contribution is 0.472. The van der Waals surface area contributed by atoms with Gasteiger partial charge in [0.15, 0.2) is 0 Å². The van der Waals surface area contributed by atoms with E-state index in [-0.39, 0.29) is 5.82 Å². The molecule has 1 saturated carbocycles. The SMILES string of the molecule is Cc1ccc(CNC2CC2)cc1Oc1cccc(F)c1. The Bertz CT molecular complexity index is 608. The molecule has 0 radical (unpaired) electrons. The Morgan fingerprint density at radius 1 is 1.20 bits per heavy atom. The third-order valence-electron chi connectivity index (χ3n) is 3.45. The molecule has 0 unspecified atom stereocenters. The summed E-state index contributed by atoms with van der Waals surface area (Å²) in [5.74, 6) is 1.03. The van der Waals surface area contributed by atoms with Crippen LogP contribution in [0, 0.1) is 12.7 Å². The molecule has 20 heavy (non-hydrogen) atoms. The second-order valence-corrected chi connectivity index (χ2v) is 5.31. The standard InChI is InChI=1S/C17H18FNO/c1-12-5-6-13(11-19-15-7-8-15)9-17(12)20-16-4-2-3-14(18)10-16/h2-6,9-10,15,19H,7-8,11H2,1H3. The third-order valence-corrected chi connectivity index (χ3v) is 3.45. The Labute approximate surface area is 118 Å². The van der Waals surface area contributed by atoms with Gasteiger partial charge in [-0.05, 0) is 49.1 Å². The van der Waals surface area contributed by atoms with Crippen LogP contribution in [0.2, 0.25) is 0 Å². The van der Waals surface area contributed by atoms with E-state index in [0.29, 0.717) is 11.8 Å². The number of rotatable bonds is 5. The van der Waals surface area contributed by atoms with E-state index in [1.807, 2.05) is 19.1 Å². The van der Waals surface area contributed by atoms with Gasteiger partial charge >= 0.3 is 0 Å². The molecule has 3 rings (SSSR count). The Morgan fingerprint density at radius 2 is 2.05 bits per heavy atom. The van der Waals surface area contributed by atoms with Gasteiger partial charge in [-0.3, -0.25) is 0 Å². The maximum Gasteiger partial charge on any atom is 0.130 e. The smallest absolute Gasteiger partial charge is 0.130 e. The lowest BCUT2D eigenvalue weighted by atomic mass is 10.1. The maximum atomic E-state index is 13.2. The third kappa shape index (κ3) is 3.36. The first kappa shape index (κ1) is 13.1. The van der Waals surface area contributed by atoms with Crippen molar-refractivity contribution in [2.24, 2.45) is 0 Å². The topological polar surface area (TPSA) is 21.3 Å². The van der Waals surface area contributed by atoms with Gasteiger partial charge in [-0.1, -0.05) is 18.2 Å². The molecular formula is C17H18FNO. The number of hydrogen-bond acceptors (Lipinski definition) is 2. The molecule has 0 aromatic heterocycles. The van der Waals surface area contributed by atoms with Crippen LogP contribution in [0.5, 0.6) is 11.5 Å². The van der Waals surface area contributed by atoms with Crippen molar-refractivity contribution in [1.82, 2.24) is 5.32 Å². The minimum atomic E-state index is -0.285. The molecule has 3 heteroatoms. The van der Waals surface area contributed by atoms with Gasteiger partial charge in [0.05, 0.1) is 0 Å². The quantitative estimate of drug-likeness (QED) is 0.881. The highest BCUT2D eigenvalue weighted by molar-refractivity contribution is 5.40. The van der Waals surface area contributed by atoms with Gasteiger partial charge in [0, 0.05) is 18.7 Å². The van der Waals surface area contributed by atoms with E-state index in [1.54, 1.807) is 12.1 Å². The summed E-state index contributed by atoms with van der Waals surface area (Å²) in [7, 11) is 0. The second-order valence-electron chi connectivity index (χ2n) is 5.31. The molecule has 0 aliphatic heterocycles. The predicted octanol–water partition coefficient (Wildman–Crippen LogP) is 4.18. The number of hydrogen-bond donors (Lipinski definition) is 1. The first-order valence-corrected chi connectivity index (χ1v) is 6.97. The van der Waals surface area contributed by atoms with Crippen LogP contribution in [0.4, 0.5) is 4.39 Å². The molecule has 2 aromatic rings. The normalized spacial score (nSPS) is 14.3. The Morgan fingerprint density at radius 3 is 2.80 bits per heavy atom. The highest BCUT2D eigenvalue weighted by Gasteiger charge is 2.20. The number of benzene rings is 2. The fraction of sp³-hybridized carbons (Fsp3) is 0.294. The van der Waals surface area contributed by atoms with E-state index in [0.717, 1.165) is 17.9 Å². The minimum absolute atomic E-state index is 0.285. The molecule has 2 nitrogen and oxygen atoms in total. The number of nitrogens with one attached hydrogen (secondary N) is 1. The van der Waals surface area contributed by atoms with E-state index in [4.69, 9.17) is 4.74 Å². The molecule has 0 amide bonds. The average molecular weight is 271 g/mol. The van der Waals surface area contributed by atoms with Crippen LogP contribution in [0.25, 0.3) is 0 Å². The van der Waals surface area contributed by atoms with Crippen molar-refractivity contribution < 1.29 is 9.13 Å². The molecule has 1 aliphatic carbocycles. The van der Waals surface area contributed by atoms with Crippen LogP contribution < -0.4 is 10.1 Å². The fourth-order valence-electron chi connectivity index (χ4n) is 2.07. The molecular weight excluding hydrogens is 253 g/mol. The molecule has 1 aliphatic rings. The van der Waals surface area contributed by atoms with Crippen LogP contribution in [-0.4, -0.2) is 6.04 Å².